The van der Waals surface area contributed by atoms with E-state index in [0.29, 0.717) is 26.7 Å². The number of amidine groups is 1. The first-order chi connectivity index (χ1) is 21.1. The summed E-state index contributed by atoms with van der Waals surface area (Å²) < 4.78 is 0. The first kappa shape index (κ1) is 27.3. The molecule has 43 heavy (non-hydrogen) atoms. The van der Waals surface area contributed by atoms with Crippen LogP contribution in [0.4, 0.5) is 10.8 Å². The Kier molecular flexibility index (Phi) is 7.37. The van der Waals surface area contributed by atoms with Gasteiger partial charge >= 0.3 is 0 Å². The highest BCUT2D eigenvalue weighted by Crippen LogP contribution is 2.40. The third-order valence-electron chi connectivity index (χ3n) is 7.24. The highest BCUT2D eigenvalue weighted by atomic mass is 35.5. The molecular weight excluding hydrogens is 595 g/mol. The monoisotopic (exact) mass is 618 g/mol. The molecule has 0 spiro atoms. The molecule has 0 bridgehead atoms. The minimum Gasteiger partial charge on any atom is -0.358 e. The summed E-state index contributed by atoms with van der Waals surface area (Å²) in [6, 6.07) is 31.5. The molecule has 0 radical (unpaired) electrons. The Bertz CT molecular complexity index is 2140. The zero-order chi connectivity index (χ0) is 29.3. The second kappa shape index (κ2) is 11.6. The van der Waals surface area contributed by atoms with Gasteiger partial charge in [0, 0.05) is 54.1 Å². The summed E-state index contributed by atoms with van der Waals surface area (Å²) >= 11 is 13.8. The van der Waals surface area contributed by atoms with Gasteiger partial charge in [0.1, 0.15) is 0 Å². The SMILES string of the molecule is CCc1[nH]c2ccccc2c1/C(N=Nc1ccc(Cl)cc1)=N/c1nc(-c2c(-c3ccc(Cl)cc3)[nH]c3ccccc23)cs1. The lowest BCUT2D eigenvalue weighted by Gasteiger charge is -2.04. The zero-order valence-electron chi connectivity index (χ0n) is 23.0. The van der Waals surface area contributed by atoms with E-state index in [2.05, 4.69) is 51.4 Å². The van der Waals surface area contributed by atoms with Crippen LogP contribution in [0.1, 0.15) is 18.2 Å². The molecule has 0 amide bonds. The van der Waals surface area contributed by atoms with Crippen LogP contribution in [0.3, 0.4) is 0 Å². The van der Waals surface area contributed by atoms with Crippen LogP contribution in [-0.4, -0.2) is 20.8 Å². The van der Waals surface area contributed by atoms with Gasteiger partial charge in [-0.15, -0.1) is 21.6 Å². The lowest BCUT2D eigenvalue weighted by atomic mass is 10.0. The van der Waals surface area contributed by atoms with Gasteiger partial charge in [0.25, 0.3) is 0 Å². The molecule has 2 N–H and O–H groups in total. The molecule has 0 aliphatic carbocycles. The fourth-order valence-corrected chi connectivity index (χ4v) is 6.15. The molecule has 0 aliphatic rings. The van der Waals surface area contributed by atoms with E-state index in [9.17, 15) is 0 Å². The van der Waals surface area contributed by atoms with Crippen LogP contribution in [0.2, 0.25) is 10.0 Å². The van der Waals surface area contributed by atoms with E-state index in [4.69, 9.17) is 33.2 Å². The number of aromatic nitrogens is 3. The molecule has 0 fully saturated rings. The van der Waals surface area contributed by atoms with Gasteiger partial charge in [0.05, 0.1) is 17.1 Å². The minimum atomic E-state index is 0.488. The number of azo groups is 1. The number of hydrogen-bond donors (Lipinski definition) is 2. The molecule has 0 atom stereocenters. The summed E-state index contributed by atoms with van der Waals surface area (Å²) in [4.78, 5) is 17.1. The van der Waals surface area contributed by atoms with E-state index in [1.165, 1.54) is 11.3 Å². The number of para-hydroxylation sites is 2. The van der Waals surface area contributed by atoms with Crippen molar-refractivity contribution in [2.24, 2.45) is 15.2 Å². The second-order valence-corrected chi connectivity index (χ2v) is 11.6. The number of rotatable bonds is 6. The van der Waals surface area contributed by atoms with Crippen molar-refractivity contribution in [2.75, 3.05) is 0 Å². The zero-order valence-corrected chi connectivity index (χ0v) is 25.3. The van der Waals surface area contributed by atoms with Crippen LogP contribution in [0.5, 0.6) is 0 Å². The number of aliphatic imine (C=N–C) groups is 1. The summed E-state index contributed by atoms with van der Waals surface area (Å²) in [5.41, 5.74) is 8.54. The molecule has 3 heterocycles. The highest BCUT2D eigenvalue weighted by Gasteiger charge is 2.20. The lowest BCUT2D eigenvalue weighted by Crippen LogP contribution is -2.00. The molecule has 210 valence electrons. The Labute approximate surface area is 261 Å². The number of fused-ring (bicyclic) bond motifs is 2. The number of hydrogen-bond acceptors (Lipinski definition) is 4. The quantitative estimate of drug-likeness (QED) is 0.108. The molecule has 7 aromatic rings. The van der Waals surface area contributed by atoms with Crippen molar-refractivity contribution in [3.8, 4) is 22.5 Å². The normalized spacial score (nSPS) is 12.2. The number of thiazole rings is 1. The Hall–Kier alpha value is -4.56. The smallest absolute Gasteiger partial charge is 0.211 e. The van der Waals surface area contributed by atoms with Crippen molar-refractivity contribution in [1.29, 1.82) is 0 Å². The second-order valence-electron chi connectivity index (χ2n) is 9.93. The predicted octanol–water partition coefficient (Wildman–Crippen LogP) is 11.2. The first-order valence-electron chi connectivity index (χ1n) is 13.8. The van der Waals surface area contributed by atoms with Gasteiger partial charge in [-0.25, -0.2) is 4.98 Å². The van der Waals surface area contributed by atoms with Gasteiger partial charge in [-0.3, -0.25) is 0 Å². The number of aryl methyl sites for hydroxylation is 1. The van der Waals surface area contributed by atoms with E-state index < -0.39 is 0 Å². The van der Waals surface area contributed by atoms with Crippen LogP contribution in [0.15, 0.2) is 118 Å². The summed E-state index contributed by atoms with van der Waals surface area (Å²) in [6.45, 7) is 2.11. The van der Waals surface area contributed by atoms with E-state index in [1.807, 2.05) is 66.0 Å². The van der Waals surface area contributed by atoms with E-state index >= 15 is 0 Å². The van der Waals surface area contributed by atoms with Crippen LogP contribution >= 0.6 is 34.5 Å². The number of halogens is 2. The molecule has 3 aromatic heterocycles. The Morgan fingerprint density at radius 2 is 1.44 bits per heavy atom. The van der Waals surface area contributed by atoms with Crippen LogP contribution in [-0.2, 0) is 6.42 Å². The van der Waals surface area contributed by atoms with Crippen molar-refractivity contribution in [3.63, 3.8) is 0 Å². The maximum atomic E-state index is 6.20. The topological polar surface area (TPSA) is 81.5 Å². The summed E-state index contributed by atoms with van der Waals surface area (Å²) in [5.74, 6) is 0.488. The lowest BCUT2D eigenvalue weighted by molar-refractivity contribution is 1.06. The van der Waals surface area contributed by atoms with Gasteiger partial charge in [-0.05, 0) is 60.5 Å². The maximum absolute atomic E-state index is 6.20. The Balaban J connectivity index is 1.37. The minimum absolute atomic E-state index is 0.488. The number of nitrogens with zero attached hydrogens (tertiary/aromatic N) is 4. The Morgan fingerprint density at radius 3 is 2.16 bits per heavy atom. The number of benzene rings is 4. The molecule has 4 aromatic carbocycles. The van der Waals surface area contributed by atoms with E-state index in [-0.39, 0.29) is 0 Å². The average molecular weight is 620 g/mol. The fraction of sp³-hybridized carbons (Fsp3) is 0.0588. The summed E-state index contributed by atoms with van der Waals surface area (Å²) in [5, 5.41) is 15.3. The number of aromatic amines is 2. The Morgan fingerprint density at radius 1 is 0.791 bits per heavy atom. The van der Waals surface area contributed by atoms with Crippen molar-refractivity contribution in [2.45, 2.75) is 13.3 Å². The summed E-state index contributed by atoms with van der Waals surface area (Å²) in [7, 11) is 0. The van der Waals surface area contributed by atoms with Crippen LogP contribution in [0, 0.1) is 0 Å². The van der Waals surface area contributed by atoms with Crippen molar-refractivity contribution < 1.29 is 0 Å². The number of nitrogens with one attached hydrogen (secondary N) is 2. The molecule has 7 rings (SSSR count). The van der Waals surface area contributed by atoms with E-state index in [0.717, 1.165) is 62.0 Å². The molecular formula is C34H24Cl2N6S. The molecule has 0 unspecified atom stereocenters. The third kappa shape index (κ3) is 5.39. The fourth-order valence-electron chi connectivity index (χ4n) is 5.22. The molecule has 6 nitrogen and oxygen atoms in total. The molecule has 0 saturated carbocycles. The third-order valence-corrected chi connectivity index (χ3v) is 8.47. The molecule has 0 saturated heterocycles. The predicted molar refractivity (Wildman–Crippen MR) is 180 cm³/mol. The average Bonchev–Trinajstić information content (AvgIpc) is 3.75. The highest BCUT2D eigenvalue weighted by molar-refractivity contribution is 7.13. The number of H-pyrrole nitrogens is 2. The van der Waals surface area contributed by atoms with Gasteiger partial charge in [-0.2, -0.15) is 4.99 Å². The van der Waals surface area contributed by atoms with Crippen molar-refractivity contribution in [1.82, 2.24) is 15.0 Å². The van der Waals surface area contributed by atoms with Crippen LogP contribution < -0.4 is 0 Å². The standard InChI is InChI=1S/C34H24Cl2N6S/c1-2-26-31(25-8-4-5-9-27(25)37-26)33(42-41-23-17-15-22(36)16-18-23)40-34-39-29(19-43-34)30-24-7-3-6-10-28(24)38-32(30)20-11-13-21(35)14-12-20/h3-19,37-38H,2H2,1H3/b40-33-,42-41?. The van der Waals surface area contributed by atoms with Gasteiger partial charge in [0.15, 0.2) is 5.84 Å². The van der Waals surface area contributed by atoms with Crippen molar-refractivity contribution in [3.05, 3.63) is 124 Å². The van der Waals surface area contributed by atoms with Crippen molar-refractivity contribution >= 4 is 73.0 Å². The maximum Gasteiger partial charge on any atom is 0.211 e. The van der Waals surface area contributed by atoms with Gasteiger partial charge in [0.2, 0.25) is 5.13 Å². The largest absolute Gasteiger partial charge is 0.358 e. The molecule has 9 heteroatoms. The van der Waals surface area contributed by atoms with Gasteiger partial charge < -0.3 is 9.97 Å². The van der Waals surface area contributed by atoms with Gasteiger partial charge in [-0.1, -0.05) is 78.7 Å². The first-order valence-corrected chi connectivity index (χ1v) is 15.4. The summed E-state index contributed by atoms with van der Waals surface area (Å²) in [6.07, 6.45) is 0.780. The van der Waals surface area contributed by atoms with Crippen LogP contribution in [0.25, 0.3) is 44.3 Å². The van der Waals surface area contributed by atoms with E-state index in [1.54, 1.807) is 12.1 Å². The molecule has 0 aliphatic heterocycles.